The van der Waals surface area contributed by atoms with Gasteiger partial charge in [-0.1, -0.05) is 0 Å². The molecule has 0 aromatic carbocycles. The van der Waals surface area contributed by atoms with E-state index >= 15 is 0 Å². The van der Waals surface area contributed by atoms with Crippen molar-refractivity contribution in [1.29, 1.82) is 0 Å². The lowest BCUT2D eigenvalue weighted by atomic mass is 10.3. The van der Waals surface area contributed by atoms with Crippen LogP contribution in [0.15, 0.2) is 18.6 Å². The zero-order valence-corrected chi connectivity index (χ0v) is 11.2. The van der Waals surface area contributed by atoms with E-state index in [1.54, 1.807) is 6.33 Å². The Morgan fingerprint density at radius 2 is 2.05 bits per heavy atom. The summed E-state index contributed by atoms with van der Waals surface area (Å²) >= 11 is 0. The predicted molar refractivity (Wildman–Crippen MR) is 72.0 cm³/mol. The minimum absolute atomic E-state index is 0.877. The topological polar surface area (TPSA) is 65.9 Å². The largest absolute Gasteiger partial charge is 0.339 e. The standard InChI is InChI=1S/C12H19N7/c1-11-2-3-15-19(11)9-6-17-4-7-18(8-5-17)12-13-10-14-16-12/h2-3,10H,4-9H2,1H3,(H,13,14,16). The number of piperazine rings is 1. The number of hydrogen-bond donors (Lipinski definition) is 1. The number of H-pyrrole nitrogens is 1. The van der Waals surface area contributed by atoms with E-state index in [9.17, 15) is 0 Å². The first-order valence-electron chi connectivity index (χ1n) is 6.64. The fourth-order valence-electron chi connectivity index (χ4n) is 2.40. The summed E-state index contributed by atoms with van der Waals surface area (Å²) in [5.41, 5.74) is 1.22. The number of hydrogen-bond acceptors (Lipinski definition) is 5. The van der Waals surface area contributed by atoms with Gasteiger partial charge < -0.3 is 4.90 Å². The molecule has 0 aliphatic carbocycles. The van der Waals surface area contributed by atoms with Crippen LogP contribution in [-0.4, -0.2) is 62.6 Å². The third kappa shape index (κ3) is 2.76. The first-order valence-corrected chi connectivity index (χ1v) is 6.64. The first-order chi connectivity index (χ1) is 9.33. The van der Waals surface area contributed by atoms with Crippen LogP contribution in [0.3, 0.4) is 0 Å². The maximum absolute atomic E-state index is 4.31. The summed E-state index contributed by atoms with van der Waals surface area (Å²) in [4.78, 5) is 8.89. The molecule has 3 rings (SSSR count). The Hall–Kier alpha value is -1.89. The van der Waals surface area contributed by atoms with Gasteiger partial charge in [-0.2, -0.15) is 15.2 Å². The van der Waals surface area contributed by atoms with Crippen LogP contribution in [0.25, 0.3) is 0 Å². The van der Waals surface area contributed by atoms with Crippen molar-refractivity contribution in [2.24, 2.45) is 0 Å². The van der Waals surface area contributed by atoms with Gasteiger partial charge in [0.2, 0.25) is 5.95 Å². The number of aromatic amines is 1. The maximum Gasteiger partial charge on any atom is 0.221 e. The Kier molecular flexibility index (Phi) is 3.45. The lowest BCUT2D eigenvalue weighted by Gasteiger charge is -2.34. The van der Waals surface area contributed by atoms with E-state index in [1.807, 2.05) is 12.3 Å². The highest BCUT2D eigenvalue weighted by Crippen LogP contribution is 2.09. The van der Waals surface area contributed by atoms with Crippen molar-refractivity contribution in [3.05, 3.63) is 24.3 Å². The van der Waals surface area contributed by atoms with Crippen LogP contribution < -0.4 is 4.90 Å². The summed E-state index contributed by atoms with van der Waals surface area (Å²) in [5, 5.41) is 11.1. The molecule has 19 heavy (non-hydrogen) atoms. The molecule has 3 heterocycles. The minimum atomic E-state index is 0.877. The van der Waals surface area contributed by atoms with E-state index in [1.165, 1.54) is 5.69 Å². The molecular formula is C12H19N7. The van der Waals surface area contributed by atoms with Crippen molar-refractivity contribution in [2.45, 2.75) is 13.5 Å². The van der Waals surface area contributed by atoms with Crippen molar-refractivity contribution >= 4 is 5.95 Å². The summed E-state index contributed by atoms with van der Waals surface area (Å²) in [6.45, 7) is 8.20. The molecule has 1 aliphatic heterocycles. The van der Waals surface area contributed by atoms with E-state index in [2.05, 4.69) is 41.7 Å². The fourth-order valence-corrected chi connectivity index (χ4v) is 2.40. The SMILES string of the molecule is Cc1ccnn1CCN1CCN(c2ncn[nH]2)CC1. The molecule has 2 aromatic rings. The van der Waals surface area contributed by atoms with Crippen LogP contribution in [0.2, 0.25) is 0 Å². The molecule has 7 nitrogen and oxygen atoms in total. The third-order valence-electron chi connectivity index (χ3n) is 3.63. The second kappa shape index (κ2) is 5.40. The number of aryl methyl sites for hydroxylation is 1. The second-order valence-corrected chi connectivity index (χ2v) is 4.83. The van der Waals surface area contributed by atoms with Crippen LogP contribution in [0.1, 0.15) is 5.69 Å². The van der Waals surface area contributed by atoms with E-state index in [0.717, 1.165) is 45.2 Å². The van der Waals surface area contributed by atoms with Gasteiger partial charge >= 0.3 is 0 Å². The van der Waals surface area contributed by atoms with Gasteiger partial charge in [0, 0.05) is 44.6 Å². The van der Waals surface area contributed by atoms with Crippen LogP contribution in [0.4, 0.5) is 5.95 Å². The minimum Gasteiger partial charge on any atom is -0.339 e. The van der Waals surface area contributed by atoms with Crippen molar-refractivity contribution in [3.8, 4) is 0 Å². The highest BCUT2D eigenvalue weighted by atomic mass is 15.4. The highest BCUT2D eigenvalue weighted by molar-refractivity contribution is 5.27. The molecule has 0 bridgehead atoms. The molecule has 1 fully saturated rings. The molecule has 0 unspecified atom stereocenters. The summed E-state index contributed by atoms with van der Waals surface area (Å²) in [6, 6.07) is 2.04. The van der Waals surface area contributed by atoms with Crippen LogP contribution >= 0.6 is 0 Å². The van der Waals surface area contributed by atoms with Crippen molar-refractivity contribution in [2.75, 3.05) is 37.6 Å². The maximum atomic E-state index is 4.31. The summed E-state index contributed by atoms with van der Waals surface area (Å²) < 4.78 is 2.06. The smallest absolute Gasteiger partial charge is 0.221 e. The van der Waals surface area contributed by atoms with E-state index in [-0.39, 0.29) is 0 Å². The quantitative estimate of drug-likeness (QED) is 0.847. The Balaban J connectivity index is 1.47. The lowest BCUT2D eigenvalue weighted by Crippen LogP contribution is -2.47. The molecule has 1 aliphatic rings. The van der Waals surface area contributed by atoms with Crippen molar-refractivity contribution in [3.63, 3.8) is 0 Å². The molecule has 7 heteroatoms. The van der Waals surface area contributed by atoms with Gasteiger partial charge in [0.1, 0.15) is 6.33 Å². The van der Waals surface area contributed by atoms with Gasteiger partial charge in [-0.25, -0.2) is 5.10 Å². The molecule has 0 spiro atoms. The van der Waals surface area contributed by atoms with Gasteiger partial charge in [-0.15, -0.1) is 0 Å². The van der Waals surface area contributed by atoms with Crippen LogP contribution in [0.5, 0.6) is 0 Å². The van der Waals surface area contributed by atoms with E-state index < -0.39 is 0 Å². The molecule has 0 amide bonds. The monoisotopic (exact) mass is 261 g/mol. The molecule has 0 radical (unpaired) electrons. The van der Waals surface area contributed by atoms with Gasteiger partial charge in [-0.3, -0.25) is 9.58 Å². The Labute approximate surface area is 112 Å². The molecule has 2 aromatic heterocycles. The summed E-state index contributed by atoms with van der Waals surface area (Å²) in [5.74, 6) is 0.877. The zero-order valence-electron chi connectivity index (χ0n) is 11.2. The van der Waals surface area contributed by atoms with Gasteiger partial charge in [0.05, 0.1) is 6.54 Å². The molecule has 1 saturated heterocycles. The average molecular weight is 261 g/mol. The number of rotatable bonds is 4. The molecular weight excluding hydrogens is 242 g/mol. The van der Waals surface area contributed by atoms with Crippen LogP contribution in [-0.2, 0) is 6.54 Å². The van der Waals surface area contributed by atoms with Crippen molar-refractivity contribution < 1.29 is 0 Å². The predicted octanol–water partition coefficient (Wildman–Crippen LogP) is 0.132. The summed E-state index contributed by atoms with van der Waals surface area (Å²) in [7, 11) is 0. The molecule has 0 atom stereocenters. The molecule has 0 saturated carbocycles. The number of nitrogens with one attached hydrogen (secondary N) is 1. The zero-order chi connectivity index (χ0) is 13.1. The fraction of sp³-hybridized carbons (Fsp3) is 0.583. The average Bonchev–Trinajstić information content (AvgIpc) is 3.09. The first kappa shape index (κ1) is 12.2. The number of aromatic nitrogens is 5. The Morgan fingerprint density at radius 1 is 1.21 bits per heavy atom. The van der Waals surface area contributed by atoms with Gasteiger partial charge in [-0.05, 0) is 13.0 Å². The van der Waals surface area contributed by atoms with E-state index in [4.69, 9.17) is 0 Å². The third-order valence-corrected chi connectivity index (χ3v) is 3.63. The second-order valence-electron chi connectivity index (χ2n) is 4.83. The Morgan fingerprint density at radius 3 is 2.68 bits per heavy atom. The van der Waals surface area contributed by atoms with Gasteiger partial charge in [0.15, 0.2) is 0 Å². The van der Waals surface area contributed by atoms with Crippen molar-refractivity contribution in [1.82, 2.24) is 29.9 Å². The van der Waals surface area contributed by atoms with Crippen LogP contribution in [0, 0.1) is 6.92 Å². The normalized spacial score (nSPS) is 17.0. The van der Waals surface area contributed by atoms with Gasteiger partial charge in [0.25, 0.3) is 0 Å². The Bertz CT molecular complexity index is 496. The summed E-state index contributed by atoms with van der Waals surface area (Å²) in [6.07, 6.45) is 3.42. The lowest BCUT2D eigenvalue weighted by molar-refractivity contribution is 0.243. The number of anilines is 1. The molecule has 1 N–H and O–H groups in total. The van der Waals surface area contributed by atoms with E-state index in [0.29, 0.717) is 0 Å². The molecule has 102 valence electrons. The number of nitrogens with zero attached hydrogens (tertiary/aromatic N) is 6. The highest BCUT2D eigenvalue weighted by Gasteiger charge is 2.18.